The number of rotatable bonds is 7. The van der Waals surface area contributed by atoms with Gasteiger partial charge in [-0.25, -0.2) is 4.98 Å². The maximum Gasteiger partial charge on any atom is 0.185 e. The monoisotopic (exact) mass is 306 g/mol. The predicted octanol–water partition coefficient (Wildman–Crippen LogP) is 3.23. The third kappa shape index (κ3) is 3.95. The molecule has 0 unspecified atom stereocenters. The molecule has 5 heteroatoms. The molecule has 4 nitrogen and oxygen atoms in total. The van der Waals surface area contributed by atoms with Gasteiger partial charge in [0.2, 0.25) is 0 Å². The van der Waals surface area contributed by atoms with Crippen LogP contribution in [0.5, 0.6) is 5.75 Å². The number of nitrogens with zero attached hydrogens (tertiary/aromatic N) is 2. The van der Waals surface area contributed by atoms with Gasteiger partial charge in [-0.1, -0.05) is 36.8 Å². The Balaban J connectivity index is 2.13. The lowest BCUT2D eigenvalue weighted by Gasteiger charge is -2.16. The lowest BCUT2D eigenvalue weighted by atomic mass is 10.2. The first-order valence-corrected chi connectivity index (χ1v) is 7.93. The van der Waals surface area contributed by atoms with E-state index < -0.39 is 0 Å². The number of hydrogen-bond donors (Lipinski definition) is 1. The molecule has 0 aliphatic heterocycles. The van der Waals surface area contributed by atoms with Crippen LogP contribution in [0.3, 0.4) is 0 Å². The lowest BCUT2D eigenvalue weighted by molar-refractivity contribution is 0.284. The number of aliphatic hydroxyl groups is 1. The fourth-order valence-corrected chi connectivity index (χ4v) is 3.13. The molecule has 2 rings (SSSR count). The summed E-state index contributed by atoms with van der Waals surface area (Å²) in [5, 5.41) is 10.4. The average molecular weight is 306 g/mol. The SMILES string of the molecule is CCCc1nc(N(C)Cc2cccc(OC)c2)sc1CO. The number of benzene rings is 1. The topological polar surface area (TPSA) is 45.6 Å². The first kappa shape index (κ1) is 15.8. The Labute approximate surface area is 130 Å². The number of methoxy groups -OCH3 is 1. The highest BCUT2D eigenvalue weighted by atomic mass is 32.1. The molecular formula is C16H22N2O2S. The van der Waals surface area contributed by atoms with Gasteiger partial charge in [0.1, 0.15) is 5.75 Å². The lowest BCUT2D eigenvalue weighted by Crippen LogP contribution is -2.16. The zero-order valence-electron chi connectivity index (χ0n) is 12.8. The van der Waals surface area contributed by atoms with Crippen molar-refractivity contribution >= 4 is 16.5 Å². The normalized spacial score (nSPS) is 10.7. The minimum atomic E-state index is 0.0694. The highest BCUT2D eigenvalue weighted by Gasteiger charge is 2.13. The molecule has 0 fully saturated rings. The van der Waals surface area contributed by atoms with Crippen LogP contribution in [0.1, 0.15) is 29.5 Å². The maximum atomic E-state index is 9.43. The Morgan fingerprint density at radius 3 is 2.86 bits per heavy atom. The number of hydrogen-bond acceptors (Lipinski definition) is 5. The van der Waals surface area contributed by atoms with Gasteiger partial charge in [-0.05, 0) is 24.1 Å². The van der Waals surface area contributed by atoms with Crippen LogP contribution >= 0.6 is 11.3 Å². The standard InChI is InChI=1S/C16H22N2O2S/c1-4-6-14-15(11-19)21-16(17-14)18(2)10-12-7-5-8-13(9-12)20-3/h5,7-9,19H,4,6,10-11H2,1-3H3. The third-order valence-corrected chi connectivity index (χ3v) is 4.47. The van der Waals surface area contributed by atoms with E-state index in [9.17, 15) is 5.11 Å². The van der Waals surface area contributed by atoms with Gasteiger partial charge in [0.15, 0.2) is 5.13 Å². The molecule has 1 heterocycles. The van der Waals surface area contributed by atoms with Crippen LogP contribution in [0.2, 0.25) is 0 Å². The van der Waals surface area contributed by atoms with Gasteiger partial charge in [-0.15, -0.1) is 0 Å². The van der Waals surface area contributed by atoms with E-state index in [1.54, 1.807) is 18.4 Å². The number of anilines is 1. The Morgan fingerprint density at radius 1 is 1.38 bits per heavy atom. The van der Waals surface area contributed by atoms with Crippen molar-refractivity contribution in [3.63, 3.8) is 0 Å². The molecule has 1 N–H and O–H groups in total. The van der Waals surface area contributed by atoms with Crippen LogP contribution in [-0.2, 0) is 19.6 Å². The molecule has 0 spiro atoms. The van der Waals surface area contributed by atoms with Crippen LogP contribution in [0.15, 0.2) is 24.3 Å². The Hall–Kier alpha value is -1.59. The molecule has 0 aliphatic rings. The van der Waals surface area contributed by atoms with E-state index in [0.29, 0.717) is 0 Å². The Bertz CT molecular complexity index is 583. The van der Waals surface area contributed by atoms with E-state index in [0.717, 1.165) is 40.8 Å². The predicted molar refractivity (Wildman–Crippen MR) is 87.1 cm³/mol. The van der Waals surface area contributed by atoms with Gasteiger partial charge in [-0.3, -0.25) is 0 Å². The van der Waals surface area contributed by atoms with Crippen molar-refractivity contribution in [2.45, 2.75) is 32.9 Å². The molecule has 0 saturated heterocycles. The van der Waals surface area contributed by atoms with Gasteiger partial charge in [0.05, 0.1) is 24.3 Å². The van der Waals surface area contributed by atoms with Crippen LogP contribution in [0.4, 0.5) is 5.13 Å². The van der Waals surface area contributed by atoms with E-state index in [2.05, 4.69) is 22.9 Å². The highest BCUT2D eigenvalue weighted by molar-refractivity contribution is 7.15. The second-order valence-electron chi connectivity index (χ2n) is 4.98. The van der Waals surface area contributed by atoms with Crippen molar-refractivity contribution in [3.8, 4) is 5.75 Å². The third-order valence-electron chi connectivity index (χ3n) is 3.28. The van der Waals surface area contributed by atoms with Crippen molar-refractivity contribution in [3.05, 3.63) is 40.4 Å². The molecule has 0 atom stereocenters. The summed E-state index contributed by atoms with van der Waals surface area (Å²) in [6.45, 7) is 2.96. The number of thiazole rings is 1. The Kier molecular flexibility index (Phi) is 5.59. The zero-order valence-corrected chi connectivity index (χ0v) is 13.6. The minimum absolute atomic E-state index is 0.0694. The van der Waals surface area contributed by atoms with Crippen LogP contribution in [0, 0.1) is 0 Å². The van der Waals surface area contributed by atoms with Gasteiger partial charge in [-0.2, -0.15) is 0 Å². The number of aromatic nitrogens is 1. The maximum absolute atomic E-state index is 9.43. The van der Waals surface area contributed by atoms with Crippen molar-refractivity contribution < 1.29 is 9.84 Å². The van der Waals surface area contributed by atoms with Crippen molar-refractivity contribution in [1.82, 2.24) is 4.98 Å². The van der Waals surface area contributed by atoms with E-state index in [4.69, 9.17) is 4.74 Å². The number of aryl methyl sites for hydroxylation is 1. The molecule has 0 saturated carbocycles. The number of ether oxygens (including phenoxy) is 1. The molecule has 0 bridgehead atoms. The molecule has 2 aromatic rings. The van der Waals surface area contributed by atoms with Gasteiger partial charge in [0.25, 0.3) is 0 Å². The molecule has 1 aromatic heterocycles. The molecule has 0 amide bonds. The fourth-order valence-electron chi connectivity index (χ4n) is 2.20. The van der Waals surface area contributed by atoms with Crippen LogP contribution in [0.25, 0.3) is 0 Å². The molecule has 1 aromatic carbocycles. The Morgan fingerprint density at radius 2 is 2.19 bits per heavy atom. The molecular weight excluding hydrogens is 284 g/mol. The smallest absolute Gasteiger partial charge is 0.185 e. The van der Waals surface area contributed by atoms with Gasteiger partial charge < -0.3 is 14.7 Å². The summed E-state index contributed by atoms with van der Waals surface area (Å²) in [6.07, 6.45) is 1.95. The van der Waals surface area contributed by atoms with E-state index in [1.165, 1.54) is 5.56 Å². The van der Waals surface area contributed by atoms with Crippen molar-refractivity contribution in [1.29, 1.82) is 0 Å². The summed E-state index contributed by atoms with van der Waals surface area (Å²) >= 11 is 1.57. The summed E-state index contributed by atoms with van der Waals surface area (Å²) in [5.41, 5.74) is 2.20. The minimum Gasteiger partial charge on any atom is -0.497 e. The first-order valence-electron chi connectivity index (χ1n) is 7.11. The van der Waals surface area contributed by atoms with Crippen molar-refractivity contribution in [2.75, 3.05) is 19.1 Å². The van der Waals surface area contributed by atoms with E-state index in [-0.39, 0.29) is 6.61 Å². The summed E-state index contributed by atoms with van der Waals surface area (Å²) in [7, 11) is 3.70. The van der Waals surface area contributed by atoms with E-state index >= 15 is 0 Å². The van der Waals surface area contributed by atoms with Gasteiger partial charge in [0, 0.05) is 13.6 Å². The van der Waals surface area contributed by atoms with Crippen LogP contribution < -0.4 is 9.64 Å². The first-order chi connectivity index (χ1) is 10.2. The van der Waals surface area contributed by atoms with Gasteiger partial charge >= 0.3 is 0 Å². The average Bonchev–Trinajstić information content (AvgIpc) is 2.91. The summed E-state index contributed by atoms with van der Waals surface area (Å²) in [6, 6.07) is 8.04. The molecule has 0 aliphatic carbocycles. The molecule has 21 heavy (non-hydrogen) atoms. The van der Waals surface area contributed by atoms with E-state index in [1.807, 2.05) is 25.2 Å². The molecule has 114 valence electrons. The fraction of sp³-hybridized carbons (Fsp3) is 0.438. The summed E-state index contributed by atoms with van der Waals surface area (Å²) in [4.78, 5) is 7.75. The quantitative estimate of drug-likeness (QED) is 0.853. The molecule has 0 radical (unpaired) electrons. The van der Waals surface area contributed by atoms with Crippen molar-refractivity contribution in [2.24, 2.45) is 0 Å². The summed E-state index contributed by atoms with van der Waals surface area (Å²) in [5.74, 6) is 0.864. The highest BCUT2D eigenvalue weighted by Crippen LogP contribution is 2.28. The zero-order chi connectivity index (χ0) is 15.2. The summed E-state index contributed by atoms with van der Waals surface area (Å²) < 4.78 is 5.25. The second kappa shape index (κ2) is 7.43. The number of aliphatic hydroxyl groups excluding tert-OH is 1. The van der Waals surface area contributed by atoms with Crippen LogP contribution in [-0.4, -0.2) is 24.2 Å². The second-order valence-corrected chi connectivity index (χ2v) is 6.04. The largest absolute Gasteiger partial charge is 0.497 e.